The smallest absolute Gasteiger partial charge is 0.338 e. The van der Waals surface area contributed by atoms with Gasteiger partial charge in [-0.2, -0.15) is 0 Å². The van der Waals surface area contributed by atoms with Crippen LogP contribution in [0.5, 0.6) is 0 Å². The van der Waals surface area contributed by atoms with Crippen molar-refractivity contribution in [1.29, 1.82) is 0 Å². The Morgan fingerprint density at radius 1 is 1.12 bits per heavy atom. The molecule has 1 aliphatic heterocycles. The summed E-state index contributed by atoms with van der Waals surface area (Å²) in [4.78, 5) is 38.0. The minimum atomic E-state index is -0.992. The van der Waals surface area contributed by atoms with E-state index < -0.39 is 22.8 Å². The normalized spacial score (nSPS) is 15.8. The molecule has 2 aromatic carbocycles. The fourth-order valence-corrected chi connectivity index (χ4v) is 3.56. The van der Waals surface area contributed by atoms with Crippen molar-refractivity contribution < 1.29 is 24.0 Å². The van der Waals surface area contributed by atoms with Crippen LogP contribution in [0, 0.1) is 10.1 Å². The summed E-state index contributed by atoms with van der Waals surface area (Å²) in [5.41, 5.74) is 7.60. The summed E-state index contributed by atoms with van der Waals surface area (Å²) in [6.07, 6.45) is 1.51. The molecule has 1 aliphatic rings. The predicted octanol–water partition coefficient (Wildman–Crippen LogP) is 2.98. The minimum Gasteiger partial charge on any atom is -0.466 e. The topological polar surface area (TPSA) is 125 Å². The summed E-state index contributed by atoms with van der Waals surface area (Å²) in [6, 6.07) is 15.1. The monoisotopic (exact) mass is 437 g/mol. The molecule has 3 rings (SSSR count). The highest BCUT2D eigenvalue weighted by molar-refractivity contribution is 5.99. The van der Waals surface area contributed by atoms with E-state index >= 15 is 0 Å². The quantitative estimate of drug-likeness (QED) is 0.398. The Bertz CT molecular complexity index is 1090. The lowest BCUT2D eigenvalue weighted by Gasteiger charge is -2.33. The zero-order chi connectivity index (χ0) is 23.3. The standard InChI is InChI=1S/C23H23N3O6/c1-3-32-23(28)20-19(16-10-7-11-17(12-16)26(29)30)18(22(27)31-2)14-25(21(20)24)13-15-8-5-4-6-9-15/h4-12,14,19H,3,13,24H2,1-2H3. The first-order chi connectivity index (χ1) is 15.4. The summed E-state index contributed by atoms with van der Waals surface area (Å²) in [6.45, 7) is 2.03. The maximum atomic E-state index is 13.0. The van der Waals surface area contributed by atoms with Gasteiger partial charge in [-0.25, -0.2) is 9.59 Å². The van der Waals surface area contributed by atoms with Gasteiger partial charge in [0.1, 0.15) is 5.82 Å². The predicted molar refractivity (Wildman–Crippen MR) is 116 cm³/mol. The average Bonchev–Trinajstić information content (AvgIpc) is 2.80. The van der Waals surface area contributed by atoms with Crippen LogP contribution in [-0.2, 0) is 25.6 Å². The second-order valence-corrected chi connectivity index (χ2v) is 6.99. The van der Waals surface area contributed by atoms with E-state index in [1.165, 1.54) is 31.5 Å². The third-order valence-electron chi connectivity index (χ3n) is 5.01. The molecule has 2 N–H and O–H groups in total. The number of ether oxygens (including phenoxy) is 2. The molecule has 9 heteroatoms. The number of hydrogen-bond acceptors (Lipinski definition) is 8. The van der Waals surface area contributed by atoms with Crippen LogP contribution < -0.4 is 5.73 Å². The largest absolute Gasteiger partial charge is 0.466 e. The molecule has 1 heterocycles. The van der Waals surface area contributed by atoms with E-state index in [4.69, 9.17) is 15.2 Å². The van der Waals surface area contributed by atoms with Gasteiger partial charge in [0, 0.05) is 24.9 Å². The Labute approximate surface area is 184 Å². The third kappa shape index (κ3) is 4.61. The van der Waals surface area contributed by atoms with E-state index in [2.05, 4.69) is 0 Å². The van der Waals surface area contributed by atoms with Gasteiger partial charge >= 0.3 is 11.9 Å². The summed E-state index contributed by atoms with van der Waals surface area (Å²) in [5, 5.41) is 11.3. The van der Waals surface area contributed by atoms with Crippen molar-refractivity contribution in [2.24, 2.45) is 5.73 Å². The summed E-state index contributed by atoms with van der Waals surface area (Å²) in [5.74, 6) is -2.30. The lowest BCUT2D eigenvalue weighted by Crippen LogP contribution is -2.36. The van der Waals surface area contributed by atoms with E-state index in [-0.39, 0.29) is 35.8 Å². The van der Waals surface area contributed by atoms with Gasteiger partial charge in [0.05, 0.1) is 35.7 Å². The number of rotatable bonds is 7. The van der Waals surface area contributed by atoms with Crippen LogP contribution in [0.4, 0.5) is 5.69 Å². The summed E-state index contributed by atoms with van der Waals surface area (Å²) in [7, 11) is 1.22. The zero-order valence-electron chi connectivity index (χ0n) is 17.7. The number of esters is 2. The Balaban J connectivity index is 2.18. The maximum absolute atomic E-state index is 13.0. The molecular weight excluding hydrogens is 414 g/mol. The van der Waals surface area contributed by atoms with Gasteiger partial charge in [-0.3, -0.25) is 10.1 Å². The van der Waals surface area contributed by atoms with E-state index in [9.17, 15) is 19.7 Å². The molecular formula is C23H23N3O6. The van der Waals surface area contributed by atoms with E-state index in [1.807, 2.05) is 30.3 Å². The number of carbonyl (C=O) groups excluding carboxylic acids is 2. The number of nitro benzene ring substituents is 1. The number of non-ortho nitro benzene ring substituents is 1. The molecule has 0 saturated carbocycles. The fraction of sp³-hybridized carbons (Fsp3) is 0.217. The number of nitrogens with two attached hydrogens (primary N) is 1. The Hall–Kier alpha value is -4.14. The zero-order valence-corrected chi connectivity index (χ0v) is 17.7. The molecule has 1 atom stereocenters. The van der Waals surface area contributed by atoms with Crippen molar-refractivity contribution in [2.45, 2.75) is 19.4 Å². The van der Waals surface area contributed by atoms with E-state index in [1.54, 1.807) is 17.9 Å². The van der Waals surface area contributed by atoms with Gasteiger partial charge in [-0.1, -0.05) is 42.5 Å². The van der Waals surface area contributed by atoms with E-state index in [0.29, 0.717) is 5.56 Å². The molecule has 2 aromatic rings. The molecule has 32 heavy (non-hydrogen) atoms. The second kappa shape index (κ2) is 9.78. The molecule has 0 spiro atoms. The van der Waals surface area contributed by atoms with Crippen molar-refractivity contribution >= 4 is 17.6 Å². The van der Waals surface area contributed by atoms with Crippen LogP contribution in [-0.4, -0.2) is 35.5 Å². The Kier molecular flexibility index (Phi) is 6.89. The van der Waals surface area contributed by atoms with Crippen LogP contribution in [0.15, 0.2) is 77.8 Å². The highest BCUT2D eigenvalue weighted by atomic mass is 16.6. The fourth-order valence-electron chi connectivity index (χ4n) is 3.56. The average molecular weight is 437 g/mol. The number of nitro groups is 1. The van der Waals surface area contributed by atoms with Gasteiger partial charge in [0.2, 0.25) is 0 Å². The number of hydrogen-bond donors (Lipinski definition) is 1. The molecule has 0 saturated heterocycles. The lowest BCUT2D eigenvalue weighted by molar-refractivity contribution is -0.384. The molecule has 0 aromatic heterocycles. The van der Waals surface area contributed by atoms with Crippen LogP contribution in [0.3, 0.4) is 0 Å². The first-order valence-corrected chi connectivity index (χ1v) is 9.89. The SMILES string of the molecule is CCOC(=O)C1=C(N)N(Cc2ccccc2)C=C(C(=O)OC)C1c1cccc([N+](=O)[O-])c1. The first-order valence-electron chi connectivity index (χ1n) is 9.89. The molecule has 0 bridgehead atoms. The minimum absolute atomic E-state index is 0.0196. The molecule has 1 unspecified atom stereocenters. The molecule has 0 fully saturated rings. The summed E-state index contributed by atoms with van der Waals surface area (Å²) >= 11 is 0. The molecule has 9 nitrogen and oxygen atoms in total. The van der Waals surface area contributed by atoms with Crippen molar-refractivity contribution in [3.05, 3.63) is 99.0 Å². The number of methoxy groups -OCH3 is 1. The van der Waals surface area contributed by atoms with Gasteiger partial charge in [0.15, 0.2) is 0 Å². The number of nitrogens with zero attached hydrogens (tertiary/aromatic N) is 2. The van der Waals surface area contributed by atoms with Crippen LogP contribution in [0.25, 0.3) is 0 Å². The molecule has 0 radical (unpaired) electrons. The molecule has 166 valence electrons. The van der Waals surface area contributed by atoms with Crippen LogP contribution >= 0.6 is 0 Å². The lowest BCUT2D eigenvalue weighted by atomic mass is 9.82. The summed E-state index contributed by atoms with van der Waals surface area (Å²) < 4.78 is 10.2. The highest BCUT2D eigenvalue weighted by Gasteiger charge is 2.39. The maximum Gasteiger partial charge on any atom is 0.338 e. The molecule has 0 aliphatic carbocycles. The van der Waals surface area contributed by atoms with Gasteiger partial charge in [-0.15, -0.1) is 0 Å². The first kappa shape index (κ1) is 22.5. The Morgan fingerprint density at radius 2 is 1.84 bits per heavy atom. The van der Waals surface area contributed by atoms with Crippen molar-refractivity contribution in [3.8, 4) is 0 Å². The Morgan fingerprint density at radius 3 is 2.47 bits per heavy atom. The van der Waals surface area contributed by atoms with Gasteiger partial charge in [-0.05, 0) is 18.1 Å². The number of carbonyl (C=O) groups is 2. The second-order valence-electron chi connectivity index (χ2n) is 6.99. The van der Waals surface area contributed by atoms with Crippen LogP contribution in [0.2, 0.25) is 0 Å². The molecule has 0 amide bonds. The van der Waals surface area contributed by atoms with Crippen molar-refractivity contribution in [2.75, 3.05) is 13.7 Å². The van der Waals surface area contributed by atoms with Gasteiger partial charge in [0.25, 0.3) is 5.69 Å². The van der Waals surface area contributed by atoms with Crippen molar-refractivity contribution in [3.63, 3.8) is 0 Å². The third-order valence-corrected chi connectivity index (χ3v) is 5.01. The van der Waals surface area contributed by atoms with Gasteiger partial charge < -0.3 is 20.1 Å². The van der Waals surface area contributed by atoms with Crippen LogP contribution in [0.1, 0.15) is 24.0 Å². The highest BCUT2D eigenvalue weighted by Crippen LogP contribution is 2.40. The van der Waals surface area contributed by atoms with E-state index in [0.717, 1.165) is 5.56 Å². The number of benzene rings is 2. The van der Waals surface area contributed by atoms with Crippen molar-refractivity contribution in [1.82, 2.24) is 4.90 Å².